The maximum atomic E-state index is 6.22. The summed E-state index contributed by atoms with van der Waals surface area (Å²) in [5.41, 5.74) is 4.31. The Morgan fingerprint density at radius 1 is 1.48 bits per heavy atom. The number of aliphatic imine (C=N–C) groups is 1. The topological polar surface area (TPSA) is 43.7 Å². The molecule has 4 nitrogen and oxygen atoms in total. The molecule has 0 N–H and O–H groups in total. The van der Waals surface area contributed by atoms with Gasteiger partial charge in [0.15, 0.2) is 0 Å². The average Bonchev–Trinajstić information content (AvgIpc) is 3.31. The predicted molar refractivity (Wildman–Crippen MR) is 104 cm³/mol. The first-order valence-electron chi connectivity index (χ1n) is 8.93. The molecule has 1 aromatic heterocycles. The predicted octanol–water partition coefficient (Wildman–Crippen LogP) is 5.42. The van der Waals surface area contributed by atoms with Gasteiger partial charge in [-0.1, -0.05) is 13.8 Å². The van der Waals surface area contributed by atoms with Gasteiger partial charge in [0, 0.05) is 29.3 Å². The zero-order valence-electron chi connectivity index (χ0n) is 15.4. The monoisotopic (exact) mass is 358 g/mol. The minimum Gasteiger partial charge on any atom is -0.486 e. The van der Waals surface area contributed by atoms with Crippen LogP contribution < -0.4 is 4.74 Å². The fraction of sp³-hybridized carbons (Fsp3) is 0.500. The summed E-state index contributed by atoms with van der Waals surface area (Å²) < 4.78 is 11.7. The fourth-order valence-corrected chi connectivity index (χ4v) is 3.59. The minimum absolute atomic E-state index is 0.114. The van der Waals surface area contributed by atoms with Crippen molar-refractivity contribution in [3.05, 3.63) is 29.3 Å². The fourth-order valence-electron chi connectivity index (χ4n) is 2.86. The van der Waals surface area contributed by atoms with E-state index in [9.17, 15) is 0 Å². The van der Waals surface area contributed by atoms with Gasteiger partial charge >= 0.3 is 0 Å². The Morgan fingerprint density at radius 3 is 2.96 bits per heavy atom. The Bertz CT molecular complexity index is 734. The summed E-state index contributed by atoms with van der Waals surface area (Å²) in [5, 5.41) is 3.02. The molecule has 0 aliphatic carbocycles. The van der Waals surface area contributed by atoms with E-state index in [-0.39, 0.29) is 6.10 Å². The zero-order chi connectivity index (χ0) is 17.8. The van der Waals surface area contributed by atoms with E-state index in [1.807, 2.05) is 17.6 Å². The Morgan fingerprint density at radius 2 is 2.32 bits per heavy atom. The molecule has 2 aromatic rings. The first-order valence-corrected chi connectivity index (χ1v) is 9.81. The molecule has 2 unspecified atom stereocenters. The quantitative estimate of drug-likeness (QED) is 0.647. The molecule has 1 aliphatic heterocycles. The summed E-state index contributed by atoms with van der Waals surface area (Å²) in [4.78, 5) is 9.43. The SMILES string of the molecule is CCC(C)C(C)=Nc1c(OC2CCOC2)ccc(-c2nccs2)c1C. The highest BCUT2D eigenvalue weighted by Gasteiger charge is 2.21. The second kappa shape index (κ2) is 8.11. The molecule has 0 spiro atoms. The summed E-state index contributed by atoms with van der Waals surface area (Å²) in [5.74, 6) is 1.29. The highest BCUT2D eigenvalue weighted by atomic mass is 32.1. The maximum Gasteiger partial charge on any atom is 0.145 e. The molecule has 134 valence electrons. The lowest BCUT2D eigenvalue weighted by atomic mass is 10.0. The van der Waals surface area contributed by atoms with Crippen LogP contribution in [0.1, 0.15) is 39.2 Å². The summed E-state index contributed by atoms with van der Waals surface area (Å²) in [7, 11) is 0. The molecular weight excluding hydrogens is 332 g/mol. The molecule has 0 amide bonds. The van der Waals surface area contributed by atoms with Crippen molar-refractivity contribution in [2.24, 2.45) is 10.9 Å². The van der Waals surface area contributed by atoms with Crippen molar-refractivity contribution in [2.45, 2.75) is 46.6 Å². The standard InChI is InChI=1S/C20H26N2O2S/c1-5-13(2)15(4)22-19-14(3)17(20-21-9-11-25-20)6-7-18(19)24-16-8-10-23-12-16/h6-7,9,11,13,16H,5,8,10,12H2,1-4H3. The van der Waals surface area contributed by atoms with Crippen LogP contribution in [0.4, 0.5) is 5.69 Å². The number of nitrogens with zero attached hydrogens (tertiary/aromatic N) is 2. The lowest BCUT2D eigenvalue weighted by Gasteiger charge is -2.18. The third-order valence-electron chi connectivity index (χ3n) is 4.85. The van der Waals surface area contributed by atoms with E-state index in [0.29, 0.717) is 12.5 Å². The van der Waals surface area contributed by atoms with Gasteiger partial charge in [0.25, 0.3) is 0 Å². The number of benzene rings is 1. The zero-order valence-corrected chi connectivity index (χ0v) is 16.2. The van der Waals surface area contributed by atoms with Crippen LogP contribution in [0.25, 0.3) is 10.6 Å². The summed E-state index contributed by atoms with van der Waals surface area (Å²) in [6, 6.07) is 4.13. The average molecular weight is 359 g/mol. The molecule has 5 heteroatoms. The van der Waals surface area contributed by atoms with E-state index >= 15 is 0 Å². The van der Waals surface area contributed by atoms with Crippen molar-refractivity contribution < 1.29 is 9.47 Å². The molecule has 0 radical (unpaired) electrons. The van der Waals surface area contributed by atoms with E-state index in [4.69, 9.17) is 14.5 Å². The number of hydrogen-bond donors (Lipinski definition) is 0. The van der Waals surface area contributed by atoms with Crippen LogP contribution in [0.15, 0.2) is 28.7 Å². The molecule has 1 aliphatic rings. The molecule has 1 fully saturated rings. The van der Waals surface area contributed by atoms with Crippen molar-refractivity contribution >= 4 is 22.7 Å². The third kappa shape index (κ3) is 4.10. The van der Waals surface area contributed by atoms with Crippen LogP contribution in [0, 0.1) is 12.8 Å². The molecule has 2 atom stereocenters. The highest BCUT2D eigenvalue weighted by Crippen LogP contribution is 2.40. The van der Waals surface area contributed by atoms with Crippen LogP contribution in [-0.2, 0) is 4.74 Å². The van der Waals surface area contributed by atoms with Crippen molar-refractivity contribution in [3.63, 3.8) is 0 Å². The Labute approximate surface area is 153 Å². The number of hydrogen-bond acceptors (Lipinski definition) is 5. The van der Waals surface area contributed by atoms with Crippen molar-refractivity contribution in [2.75, 3.05) is 13.2 Å². The molecule has 2 heterocycles. The van der Waals surface area contributed by atoms with E-state index in [2.05, 4.69) is 38.7 Å². The lowest BCUT2D eigenvalue weighted by Crippen LogP contribution is -2.16. The van der Waals surface area contributed by atoms with E-state index in [0.717, 1.165) is 52.7 Å². The third-order valence-corrected chi connectivity index (χ3v) is 5.66. The van der Waals surface area contributed by atoms with E-state index < -0.39 is 0 Å². The van der Waals surface area contributed by atoms with Crippen LogP contribution in [0.2, 0.25) is 0 Å². The molecule has 3 rings (SSSR count). The number of ether oxygens (including phenoxy) is 2. The van der Waals surface area contributed by atoms with Crippen LogP contribution >= 0.6 is 11.3 Å². The minimum atomic E-state index is 0.114. The first-order chi connectivity index (χ1) is 12.1. The van der Waals surface area contributed by atoms with Gasteiger partial charge < -0.3 is 9.47 Å². The van der Waals surface area contributed by atoms with Gasteiger partial charge in [0.2, 0.25) is 0 Å². The molecule has 1 saturated heterocycles. The lowest BCUT2D eigenvalue weighted by molar-refractivity contribution is 0.141. The summed E-state index contributed by atoms with van der Waals surface area (Å²) in [6.45, 7) is 10.0. The van der Waals surface area contributed by atoms with Gasteiger partial charge in [-0.15, -0.1) is 11.3 Å². The smallest absolute Gasteiger partial charge is 0.145 e. The normalized spacial score (nSPS) is 19.2. The highest BCUT2D eigenvalue weighted by molar-refractivity contribution is 7.13. The van der Waals surface area contributed by atoms with Crippen molar-refractivity contribution in [3.8, 4) is 16.3 Å². The first kappa shape index (κ1) is 18.1. The Kier molecular flexibility index (Phi) is 5.86. The number of aromatic nitrogens is 1. The Hall–Kier alpha value is -1.72. The van der Waals surface area contributed by atoms with E-state index in [1.54, 1.807) is 11.3 Å². The summed E-state index contributed by atoms with van der Waals surface area (Å²) in [6.07, 6.45) is 3.96. The largest absolute Gasteiger partial charge is 0.486 e. The van der Waals surface area contributed by atoms with Crippen LogP contribution in [0.5, 0.6) is 5.75 Å². The molecule has 0 saturated carbocycles. The maximum absolute atomic E-state index is 6.22. The van der Waals surface area contributed by atoms with Gasteiger partial charge in [-0.25, -0.2) is 4.98 Å². The Balaban J connectivity index is 2.03. The van der Waals surface area contributed by atoms with Gasteiger partial charge in [0.05, 0.1) is 13.2 Å². The van der Waals surface area contributed by atoms with Gasteiger partial charge in [-0.2, -0.15) is 0 Å². The number of thiazole rings is 1. The summed E-state index contributed by atoms with van der Waals surface area (Å²) >= 11 is 1.65. The van der Waals surface area contributed by atoms with Crippen LogP contribution in [-0.4, -0.2) is 30.0 Å². The molecule has 0 bridgehead atoms. The van der Waals surface area contributed by atoms with Gasteiger partial charge in [-0.3, -0.25) is 4.99 Å². The van der Waals surface area contributed by atoms with Gasteiger partial charge in [0.1, 0.15) is 22.5 Å². The van der Waals surface area contributed by atoms with E-state index in [1.165, 1.54) is 0 Å². The molecule has 1 aromatic carbocycles. The number of rotatable bonds is 6. The van der Waals surface area contributed by atoms with Crippen molar-refractivity contribution in [1.82, 2.24) is 4.98 Å². The molecule has 25 heavy (non-hydrogen) atoms. The van der Waals surface area contributed by atoms with Crippen LogP contribution in [0.3, 0.4) is 0 Å². The molecular formula is C20H26N2O2S. The van der Waals surface area contributed by atoms with Gasteiger partial charge in [-0.05, 0) is 43.9 Å². The second-order valence-corrected chi connectivity index (χ2v) is 7.48. The second-order valence-electron chi connectivity index (χ2n) is 6.59. The van der Waals surface area contributed by atoms with Crippen molar-refractivity contribution in [1.29, 1.82) is 0 Å².